The molecule has 0 saturated carbocycles. The smallest absolute Gasteiger partial charge is 0.251 e. The number of fused-ring (bicyclic) bond motifs is 1. The van der Waals surface area contributed by atoms with Crippen LogP contribution in [0.4, 0.5) is 0 Å². The van der Waals surface area contributed by atoms with Gasteiger partial charge in [0.25, 0.3) is 5.91 Å². The van der Waals surface area contributed by atoms with Gasteiger partial charge in [-0.25, -0.2) is 16.8 Å². The van der Waals surface area contributed by atoms with Gasteiger partial charge in [-0.1, -0.05) is 30.3 Å². The molecule has 0 fully saturated rings. The molecule has 9 heteroatoms. The quantitative estimate of drug-likeness (QED) is 0.649. The van der Waals surface area contributed by atoms with Gasteiger partial charge in [-0.05, 0) is 35.9 Å². The molecule has 0 bridgehead atoms. The van der Waals surface area contributed by atoms with Crippen molar-refractivity contribution in [2.24, 2.45) is 0 Å². The summed E-state index contributed by atoms with van der Waals surface area (Å²) < 4.78 is 51.9. The third-order valence-corrected chi connectivity index (χ3v) is 9.05. The molecule has 0 saturated heterocycles. The highest BCUT2D eigenvalue weighted by Crippen LogP contribution is 2.42. The fourth-order valence-corrected chi connectivity index (χ4v) is 7.89. The van der Waals surface area contributed by atoms with Gasteiger partial charge in [0.15, 0.2) is 19.7 Å². The Balaban J connectivity index is 1.76. The first-order valence-electron chi connectivity index (χ1n) is 9.12. The van der Waals surface area contributed by atoms with Gasteiger partial charge in [0.2, 0.25) is 0 Å². The summed E-state index contributed by atoms with van der Waals surface area (Å²) in [6, 6.07) is 15.4. The number of sulfone groups is 2. The monoisotopic (exact) mass is 442 g/mol. The van der Waals surface area contributed by atoms with E-state index >= 15 is 0 Å². The highest BCUT2D eigenvalue weighted by atomic mass is 32.2. The van der Waals surface area contributed by atoms with Crippen molar-refractivity contribution in [3.8, 4) is 0 Å². The Morgan fingerprint density at radius 2 is 1.80 bits per heavy atom. The zero-order valence-electron chi connectivity index (χ0n) is 15.7. The molecule has 2 aromatic carbocycles. The van der Waals surface area contributed by atoms with Gasteiger partial charge in [-0.3, -0.25) is 9.78 Å². The molecule has 1 N–H and O–H groups in total. The Morgan fingerprint density at radius 1 is 1.03 bits per heavy atom. The van der Waals surface area contributed by atoms with Crippen LogP contribution in [0.1, 0.15) is 26.7 Å². The van der Waals surface area contributed by atoms with Crippen LogP contribution in [0, 0.1) is 0 Å². The number of rotatable bonds is 5. The predicted octanol–water partition coefficient (Wildman–Crippen LogP) is 2.31. The van der Waals surface area contributed by atoms with E-state index in [9.17, 15) is 21.6 Å². The SMILES string of the molecule is O=C(NCc1cccnc1)c1cccc2c1C(S(=O)(=O)c1ccccc1)CS2(=O)=O. The van der Waals surface area contributed by atoms with Crippen molar-refractivity contribution < 1.29 is 21.6 Å². The van der Waals surface area contributed by atoms with Gasteiger partial charge in [0, 0.05) is 30.1 Å². The first kappa shape index (κ1) is 20.2. The summed E-state index contributed by atoms with van der Waals surface area (Å²) in [5, 5.41) is 1.37. The van der Waals surface area contributed by atoms with E-state index in [0.717, 1.165) is 5.56 Å². The molecule has 1 aliphatic heterocycles. The van der Waals surface area contributed by atoms with Crippen LogP contribution in [0.3, 0.4) is 0 Å². The second-order valence-electron chi connectivity index (χ2n) is 6.89. The molecule has 1 unspecified atom stereocenters. The van der Waals surface area contributed by atoms with Gasteiger partial charge in [-0.15, -0.1) is 0 Å². The summed E-state index contributed by atoms with van der Waals surface area (Å²) in [5.74, 6) is -1.13. The summed E-state index contributed by atoms with van der Waals surface area (Å²) >= 11 is 0. The van der Waals surface area contributed by atoms with E-state index in [1.807, 2.05) is 0 Å². The Bertz CT molecular complexity index is 1310. The molecule has 2 heterocycles. The Morgan fingerprint density at radius 3 is 2.50 bits per heavy atom. The molecule has 4 rings (SSSR count). The number of nitrogens with zero attached hydrogens (tertiary/aromatic N) is 1. The zero-order valence-corrected chi connectivity index (χ0v) is 17.4. The molecule has 7 nitrogen and oxygen atoms in total. The first-order valence-corrected chi connectivity index (χ1v) is 12.3. The summed E-state index contributed by atoms with van der Waals surface area (Å²) in [6.07, 6.45) is 3.21. The number of aromatic nitrogens is 1. The molecule has 1 atom stereocenters. The number of pyridine rings is 1. The van der Waals surface area contributed by atoms with Crippen LogP contribution >= 0.6 is 0 Å². The molecule has 154 valence electrons. The van der Waals surface area contributed by atoms with E-state index in [1.165, 1.54) is 30.3 Å². The second-order valence-corrected chi connectivity index (χ2v) is 11.0. The zero-order chi connectivity index (χ0) is 21.4. The van der Waals surface area contributed by atoms with Gasteiger partial charge < -0.3 is 5.32 Å². The number of carbonyl (C=O) groups excluding carboxylic acids is 1. The van der Waals surface area contributed by atoms with Crippen molar-refractivity contribution in [2.75, 3.05) is 5.75 Å². The van der Waals surface area contributed by atoms with Gasteiger partial charge in [0.05, 0.1) is 15.5 Å². The largest absolute Gasteiger partial charge is 0.348 e. The Labute approximate surface area is 174 Å². The number of hydrogen-bond acceptors (Lipinski definition) is 6. The van der Waals surface area contributed by atoms with Crippen molar-refractivity contribution in [3.63, 3.8) is 0 Å². The second kappa shape index (κ2) is 7.66. The highest BCUT2D eigenvalue weighted by Gasteiger charge is 2.45. The molecule has 0 radical (unpaired) electrons. The lowest BCUT2D eigenvalue weighted by atomic mass is 10.0. The van der Waals surface area contributed by atoms with Crippen molar-refractivity contribution in [1.29, 1.82) is 0 Å². The minimum absolute atomic E-state index is 0.0172. The fourth-order valence-electron chi connectivity index (χ4n) is 3.52. The van der Waals surface area contributed by atoms with Crippen molar-refractivity contribution in [1.82, 2.24) is 10.3 Å². The predicted molar refractivity (Wildman–Crippen MR) is 110 cm³/mol. The molecule has 30 heavy (non-hydrogen) atoms. The maximum atomic E-state index is 13.2. The average Bonchev–Trinajstić information content (AvgIpc) is 3.05. The van der Waals surface area contributed by atoms with E-state index in [-0.39, 0.29) is 27.5 Å². The number of nitrogens with one attached hydrogen (secondary N) is 1. The van der Waals surface area contributed by atoms with E-state index in [4.69, 9.17) is 0 Å². The molecular formula is C21H18N2O5S2. The van der Waals surface area contributed by atoms with Crippen LogP contribution in [0.5, 0.6) is 0 Å². The topological polar surface area (TPSA) is 110 Å². The number of amides is 1. The fraction of sp³-hybridized carbons (Fsp3) is 0.143. The number of carbonyl (C=O) groups is 1. The standard InChI is InChI=1S/C21H18N2O5S2/c24-21(23-13-15-6-5-11-22-12-15)17-9-4-10-18-20(17)19(14-29(18,25)26)30(27,28)16-7-2-1-3-8-16/h1-12,19H,13-14H2,(H,23,24). The van der Waals surface area contributed by atoms with E-state index in [0.29, 0.717) is 0 Å². The van der Waals surface area contributed by atoms with Crippen LogP contribution in [0.15, 0.2) is 82.8 Å². The molecule has 3 aromatic rings. The maximum absolute atomic E-state index is 13.2. The molecule has 0 spiro atoms. The summed E-state index contributed by atoms with van der Waals surface area (Å²) in [6.45, 7) is 0.180. The average molecular weight is 443 g/mol. The normalized spacial score (nSPS) is 17.3. The molecule has 1 aliphatic rings. The lowest BCUT2D eigenvalue weighted by Crippen LogP contribution is -2.25. The van der Waals surface area contributed by atoms with Crippen molar-refractivity contribution >= 4 is 25.6 Å². The summed E-state index contributed by atoms with van der Waals surface area (Å²) in [4.78, 5) is 16.8. The third kappa shape index (κ3) is 3.61. The van der Waals surface area contributed by atoms with Crippen LogP contribution in [0.2, 0.25) is 0 Å². The van der Waals surface area contributed by atoms with Crippen molar-refractivity contribution in [3.05, 3.63) is 89.7 Å². The Kier molecular flexibility index (Phi) is 5.17. The van der Waals surface area contributed by atoms with Crippen LogP contribution in [0.25, 0.3) is 0 Å². The molecular weight excluding hydrogens is 424 g/mol. The van der Waals surface area contributed by atoms with E-state index in [2.05, 4.69) is 10.3 Å². The van der Waals surface area contributed by atoms with Crippen molar-refractivity contribution in [2.45, 2.75) is 21.6 Å². The first-order chi connectivity index (χ1) is 14.3. The van der Waals surface area contributed by atoms with Gasteiger partial charge >= 0.3 is 0 Å². The lowest BCUT2D eigenvalue weighted by Gasteiger charge is -2.15. The number of hydrogen-bond donors (Lipinski definition) is 1. The van der Waals surface area contributed by atoms with Crippen LogP contribution in [-0.4, -0.2) is 33.5 Å². The van der Waals surface area contributed by atoms with E-state index in [1.54, 1.807) is 42.7 Å². The van der Waals surface area contributed by atoms with Crippen LogP contribution < -0.4 is 5.32 Å². The third-order valence-electron chi connectivity index (χ3n) is 4.96. The minimum Gasteiger partial charge on any atom is -0.348 e. The lowest BCUT2D eigenvalue weighted by molar-refractivity contribution is 0.0949. The summed E-state index contributed by atoms with van der Waals surface area (Å²) in [5.41, 5.74) is 0.839. The molecule has 1 aromatic heterocycles. The molecule has 0 aliphatic carbocycles. The number of benzene rings is 2. The summed E-state index contributed by atoms with van der Waals surface area (Å²) in [7, 11) is -7.85. The van der Waals surface area contributed by atoms with E-state index < -0.39 is 36.6 Å². The minimum atomic E-state index is -4.02. The van der Waals surface area contributed by atoms with Crippen LogP contribution in [-0.2, 0) is 26.2 Å². The maximum Gasteiger partial charge on any atom is 0.251 e. The highest BCUT2D eigenvalue weighted by molar-refractivity contribution is 7.96. The van der Waals surface area contributed by atoms with Gasteiger partial charge in [-0.2, -0.15) is 0 Å². The molecule has 1 amide bonds. The van der Waals surface area contributed by atoms with Gasteiger partial charge in [0.1, 0.15) is 5.25 Å². The Hall–Kier alpha value is -3.04.